The van der Waals surface area contributed by atoms with E-state index in [-0.39, 0.29) is 5.75 Å². The number of aromatic nitrogens is 1. The van der Waals surface area contributed by atoms with Crippen molar-refractivity contribution in [1.82, 2.24) is 14.8 Å². The molecule has 0 bridgehead atoms. The molecule has 0 aliphatic carbocycles. The third-order valence-corrected chi connectivity index (χ3v) is 5.15. The number of hydrogen-bond donors (Lipinski definition) is 1. The van der Waals surface area contributed by atoms with Crippen LogP contribution in [0.3, 0.4) is 0 Å². The van der Waals surface area contributed by atoms with Crippen LogP contribution in [0.1, 0.15) is 35.6 Å². The summed E-state index contributed by atoms with van der Waals surface area (Å²) in [6.45, 7) is 2.38. The van der Waals surface area contributed by atoms with Gasteiger partial charge in [0.1, 0.15) is 17.8 Å². The highest BCUT2D eigenvalue weighted by molar-refractivity contribution is 6.08. The standard InChI is InChI=1S/C22H23F2N3O6/c1-12-9-16(13(2)27(12)14-5-7-15(8-6-14)33-20(23)24)17(28)11-32-18(29)10-26-19(30)22(3,4)25-21(26)31/h5-9,20H,10-11H2,1-4H3,(H,25,31). The van der Waals surface area contributed by atoms with E-state index >= 15 is 0 Å². The zero-order chi connectivity index (χ0) is 24.5. The Kier molecular flexibility index (Phi) is 6.52. The molecular weight excluding hydrogens is 440 g/mol. The molecule has 2 aromatic rings. The van der Waals surface area contributed by atoms with Crippen LogP contribution in [0.4, 0.5) is 13.6 Å². The third kappa shape index (κ3) is 5.02. The lowest BCUT2D eigenvalue weighted by atomic mass is 10.1. The summed E-state index contributed by atoms with van der Waals surface area (Å²) in [6.07, 6.45) is 0. The normalized spacial score (nSPS) is 15.1. The Morgan fingerprint density at radius 1 is 1.12 bits per heavy atom. The summed E-state index contributed by atoms with van der Waals surface area (Å²) < 4.78 is 35.8. The number of carbonyl (C=O) groups excluding carboxylic acids is 4. The number of nitrogens with one attached hydrogen (secondary N) is 1. The first-order chi connectivity index (χ1) is 15.4. The van der Waals surface area contributed by atoms with Crippen LogP contribution in [0.5, 0.6) is 5.75 Å². The van der Waals surface area contributed by atoms with Gasteiger partial charge in [0, 0.05) is 22.6 Å². The predicted molar refractivity (Wildman–Crippen MR) is 111 cm³/mol. The van der Waals surface area contributed by atoms with Crippen molar-refractivity contribution in [2.45, 2.75) is 39.8 Å². The van der Waals surface area contributed by atoms with Crippen LogP contribution in [0.15, 0.2) is 30.3 Å². The van der Waals surface area contributed by atoms with Gasteiger partial charge in [-0.25, -0.2) is 4.79 Å². The van der Waals surface area contributed by atoms with Gasteiger partial charge in [-0.1, -0.05) is 0 Å². The number of amides is 3. The molecule has 33 heavy (non-hydrogen) atoms. The minimum absolute atomic E-state index is 0.00739. The lowest BCUT2D eigenvalue weighted by Crippen LogP contribution is -2.41. The number of Topliss-reactive ketones (excluding diaryl/α,β-unsaturated/α-hetero) is 1. The van der Waals surface area contributed by atoms with E-state index < -0.39 is 49.0 Å². The quantitative estimate of drug-likeness (QED) is 0.367. The summed E-state index contributed by atoms with van der Waals surface area (Å²) >= 11 is 0. The SMILES string of the molecule is Cc1cc(C(=O)COC(=O)CN2C(=O)NC(C)(C)C2=O)c(C)n1-c1ccc(OC(F)F)cc1. The van der Waals surface area contributed by atoms with E-state index in [1.54, 1.807) is 36.6 Å². The second-order valence-electron chi connectivity index (χ2n) is 8.02. The van der Waals surface area contributed by atoms with Crippen LogP contribution in [0, 0.1) is 13.8 Å². The Morgan fingerprint density at radius 2 is 1.76 bits per heavy atom. The fraction of sp³-hybridized carbons (Fsp3) is 0.364. The van der Waals surface area contributed by atoms with Crippen LogP contribution in [-0.2, 0) is 14.3 Å². The number of benzene rings is 1. The molecule has 0 spiro atoms. The van der Waals surface area contributed by atoms with Gasteiger partial charge in [-0.15, -0.1) is 0 Å². The molecule has 3 rings (SSSR count). The topological polar surface area (TPSA) is 107 Å². The molecule has 2 heterocycles. The average Bonchev–Trinajstić information content (AvgIpc) is 3.13. The number of alkyl halides is 2. The van der Waals surface area contributed by atoms with Crippen LogP contribution in [-0.4, -0.2) is 58.5 Å². The molecule has 0 atom stereocenters. The van der Waals surface area contributed by atoms with E-state index in [4.69, 9.17) is 4.74 Å². The predicted octanol–water partition coefficient (Wildman–Crippen LogP) is 2.75. The zero-order valence-electron chi connectivity index (χ0n) is 18.5. The first-order valence-electron chi connectivity index (χ1n) is 9.98. The number of esters is 1. The number of hydrogen-bond acceptors (Lipinski definition) is 6. The summed E-state index contributed by atoms with van der Waals surface area (Å²) in [5, 5.41) is 2.45. The molecule has 176 valence electrons. The fourth-order valence-electron chi connectivity index (χ4n) is 3.58. The van der Waals surface area contributed by atoms with E-state index in [2.05, 4.69) is 10.1 Å². The number of nitrogens with zero attached hydrogens (tertiary/aromatic N) is 2. The Balaban J connectivity index is 1.66. The van der Waals surface area contributed by atoms with Crippen molar-refractivity contribution >= 4 is 23.7 Å². The summed E-state index contributed by atoms with van der Waals surface area (Å²) in [4.78, 5) is 49.5. The molecule has 9 nitrogen and oxygen atoms in total. The highest BCUT2D eigenvalue weighted by Gasteiger charge is 2.45. The van der Waals surface area contributed by atoms with Crippen LogP contribution in [0.2, 0.25) is 0 Å². The van der Waals surface area contributed by atoms with E-state index in [1.807, 2.05) is 0 Å². The van der Waals surface area contributed by atoms with Crippen molar-refractivity contribution in [3.8, 4) is 11.4 Å². The molecular formula is C22H23F2N3O6. The molecule has 1 aliphatic heterocycles. The maximum Gasteiger partial charge on any atom is 0.387 e. The molecule has 0 unspecified atom stereocenters. The molecule has 0 radical (unpaired) electrons. The van der Waals surface area contributed by atoms with Gasteiger partial charge in [-0.3, -0.25) is 19.3 Å². The zero-order valence-corrected chi connectivity index (χ0v) is 18.5. The number of urea groups is 1. The maximum atomic E-state index is 12.7. The minimum Gasteiger partial charge on any atom is -0.456 e. The second-order valence-corrected chi connectivity index (χ2v) is 8.02. The molecule has 1 aromatic carbocycles. The van der Waals surface area contributed by atoms with Gasteiger partial charge in [0.25, 0.3) is 5.91 Å². The number of halogens is 2. The third-order valence-electron chi connectivity index (χ3n) is 5.15. The fourth-order valence-corrected chi connectivity index (χ4v) is 3.58. The lowest BCUT2D eigenvalue weighted by Gasteiger charge is -2.15. The lowest BCUT2D eigenvalue weighted by molar-refractivity contribution is -0.146. The van der Waals surface area contributed by atoms with Gasteiger partial charge in [0.05, 0.1) is 0 Å². The van der Waals surface area contributed by atoms with Gasteiger partial charge in [0.2, 0.25) is 5.78 Å². The Hall–Kier alpha value is -3.76. The number of aryl methyl sites for hydroxylation is 1. The van der Waals surface area contributed by atoms with Crippen LogP contribution < -0.4 is 10.1 Å². The summed E-state index contributed by atoms with van der Waals surface area (Å²) in [5.74, 6) is -1.93. The smallest absolute Gasteiger partial charge is 0.387 e. The Bertz CT molecular complexity index is 1110. The van der Waals surface area contributed by atoms with Gasteiger partial charge < -0.3 is 19.4 Å². The van der Waals surface area contributed by atoms with Gasteiger partial charge in [0.15, 0.2) is 6.61 Å². The maximum absolute atomic E-state index is 12.7. The molecule has 1 saturated heterocycles. The minimum atomic E-state index is -2.93. The van der Waals surface area contributed by atoms with Crippen molar-refractivity contribution in [3.63, 3.8) is 0 Å². The van der Waals surface area contributed by atoms with E-state index in [0.29, 0.717) is 22.6 Å². The highest BCUT2D eigenvalue weighted by atomic mass is 19.3. The summed E-state index contributed by atoms with van der Waals surface area (Å²) in [6, 6.07) is 6.84. The highest BCUT2D eigenvalue weighted by Crippen LogP contribution is 2.24. The summed E-state index contributed by atoms with van der Waals surface area (Å²) in [7, 11) is 0. The van der Waals surface area contributed by atoms with Crippen molar-refractivity contribution < 1.29 is 37.4 Å². The molecule has 3 amide bonds. The van der Waals surface area contributed by atoms with Crippen LogP contribution >= 0.6 is 0 Å². The van der Waals surface area contributed by atoms with Crippen molar-refractivity contribution in [1.29, 1.82) is 0 Å². The number of carbonyl (C=O) groups is 4. The monoisotopic (exact) mass is 463 g/mol. The number of ketones is 1. The van der Waals surface area contributed by atoms with E-state index in [0.717, 1.165) is 4.90 Å². The molecule has 1 aliphatic rings. The molecule has 1 N–H and O–H groups in total. The number of ether oxygens (including phenoxy) is 2. The number of rotatable bonds is 8. The summed E-state index contributed by atoms with van der Waals surface area (Å²) in [5.41, 5.74) is 1.08. The van der Waals surface area contributed by atoms with E-state index in [1.165, 1.54) is 26.0 Å². The van der Waals surface area contributed by atoms with E-state index in [9.17, 15) is 28.0 Å². The van der Waals surface area contributed by atoms with Crippen molar-refractivity contribution in [2.24, 2.45) is 0 Å². The largest absolute Gasteiger partial charge is 0.456 e. The molecule has 1 aromatic heterocycles. The first-order valence-corrected chi connectivity index (χ1v) is 9.98. The second kappa shape index (κ2) is 9.00. The average molecular weight is 463 g/mol. The van der Waals surface area contributed by atoms with Gasteiger partial charge in [-0.2, -0.15) is 8.78 Å². The molecule has 11 heteroatoms. The Morgan fingerprint density at radius 3 is 2.30 bits per heavy atom. The first kappa shape index (κ1) is 23.9. The van der Waals surface area contributed by atoms with Crippen molar-refractivity contribution in [3.05, 3.63) is 47.3 Å². The molecule has 1 fully saturated rings. The van der Waals surface area contributed by atoms with Gasteiger partial charge in [-0.05, 0) is 58.0 Å². The van der Waals surface area contributed by atoms with Gasteiger partial charge >= 0.3 is 18.6 Å². The number of imide groups is 1. The van der Waals surface area contributed by atoms with Crippen molar-refractivity contribution in [2.75, 3.05) is 13.2 Å². The Labute approximate surface area is 188 Å². The molecule has 0 saturated carbocycles. The van der Waals surface area contributed by atoms with Crippen LogP contribution in [0.25, 0.3) is 5.69 Å².